The molecule has 4 rings (SSSR count). The van der Waals surface area contributed by atoms with Gasteiger partial charge in [0.15, 0.2) is 9.84 Å². The van der Waals surface area contributed by atoms with E-state index >= 15 is 0 Å². The van der Waals surface area contributed by atoms with Crippen molar-refractivity contribution in [2.75, 3.05) is 36.8 Å². The summed E-state index contributed by atoms with van der Waals surface area (Å²) >= 11 is 0. The van der Waals surface area contributed by atoms with Crippen LogP contribution in [0.15, 0.2) is 6.20 Å². The number of rotatable bonds is 3. The van der Waals surface area contributed by atoms with Crippen LogP contribution in [0.5, 0.6) is 0 Å². The highest BCUT2D eigenvalue weighted by Gasteiger charge is 2.50. The van der Waals surface area contributed by atoms with Gasteiger partial charge in [0.25, 0.3) is 0 Å². The Labute approximate surface area is 183 Å². The van der Waals surface area contributed by atoms with Gasteiger partial charge in [0, 0.05) is 43.9 Å². The molecule has 1 N–H and O–H groups in total. The molecule has 3 aliphatic rings. The lowest BCUT2D eigenvalue weighted by Gasteiger charge is -2.27. The number of anilines is 1. The lowest BCUT2D eigenvalue weighted by atomic mass is 10.00. The molecule has 0 amide bonds. The van der Waals surface area contributed by atoms with Crippen molar-refractivity contribution in [3.63, 3.8) is 0 Å². The predicted molar refractivity (Wildman–Crippen MR) is 107 cm³/mol. The van der Waals surface area contributed by atoms with E-state index in [1.807, 2.05) is 0 Å². The predicted octanol–water partition coefficient (Wildman–Crippen LogP) is 0.756. The van der Waals surface area contributed by atoms with Gasteiger partial charge < -0.3 is 10.0 Å². The number of carbonyl (C=O) groups is 1. The third-order valence-electron chi connectivity index (χ3n) is 5.68. The largest absolute Gasteiger partial charge is 0.490 e. The van der Waals surface area contributed by atoms with Crippen LogP contribution in [0.3, 0.4) is 0 Å². The molecule has 3 aliphatic heterocycles. The van der Waals surface area contributed by atoms with Crippen LogP contribution in [0.1, 0.15) is 36.9 Å². The Kier molecular flexibility index (Phi) is 6.73. The van der Waals surface area contributed by atoms with Gasteiger partial charge in [-0.2, -0.15) is 17.5 Å². The first-order chi connectivity index (χ1) is 14.8. The zero-order chi connectivity index (χ0) is 23.9. The minimum atomic E-state index is -5.08. The van der Waals surface area contributed by atoms with Gasteiger partial charge in [-0.1, -0.05) is 0 Å². The number of sulfonamides is 1. The SMILES string of the molecule is CCS(=O)(=O)N1C[C@@H]2c3nc(N4CCCC4)ncc3CS(=O)(=O)[C@@H]2C1.O=C(O)C(F)(F)F. The van der Waals surface area contributed by atoms with Crippen LogP contribution in [0, 0.1) is 0 Å². The summed E-state index contributed by atoms with van der Waals surface area (Å²) in [5.74, 6) is -2.66. The van der Waals surface area contributed by atoms with Crippen molar-refractivity contribution in [3.05, 3.63) is 17.5 Å². The molecule has 0 radical (unpaired) electrons. The van der Waals surface area contributed by atoms with E-state index < -0.39 is 43.2 Å². The zero-order valence-corrected chi connectivity index (χ0v) is 18.7. The molecule has 2 fully saturated rings. The maximum absolute atomic E-state index is 12.6. The van der Waals surface area contributed by atoms with Crippen LogP contribution >= 0.6 is 0 Å². The van der Waals surface area contributed by atoms with Gasteiger partial charge in [-0.25, -0.2) is 31.6 Å². The summed E-state index contributed by atoms with van der Waals surface area (Å²) < 4.78 is 82.8. The number of alkyl halides is 3. The van der Waals surface area contributed by atoms with Crippen LogP contribution in [0.25, 0.3) is 0 Å². The van der Waals surface area contributed by atoms with E-state index in [0.29, 0.717) is 17.2 Å². The Bertz CT molecular complexity index is 1090. The minimum Gasteiger partial charge on any atom is -0.475 e. The third kappa shape index (κ3) is 4.98. The van der Waals surface area contributed by atoms with Gasteiger partial charge in [0.2, 0.25) is 16.0 Å². The van der Waals surface area contributed by atoms with Crippen LogP contribution in [0.2, 0.25) is 0 Å². The summed E-state index contributed by atoms with van der Waals surface area (Å²) in [4.78, 5) is 20.0. The van der Waals surface area contributed by atoms with Crippen molar-refractivity contribution in [3.8, 4) is 0 Å². The first kappa shape index (κ1) is 24.6. The third-order valence-corrected chi connectivity index (χ3v) is 9.60. The van der Waals surface area contributed by atoms with Crippen LogP contribution in [-0.2, 0) is 30.4 Å². The molecule has 0 aromatic carbocycles. The van der Waals surface area contributed by atoms with Gasteiger partial charge in [-0.05, 0) is 19.8 Å². The first-order valence-corrected chi connectivity index (χ1v) is 13.2. The maximum Gasteiger partial charge on any atom is 0.490 e. The van der Waals surface area contributed by atoms with E-state index in [0.717, 1.165) is 25.9 Å². The van der Waals surface area contributed by atoms with Gasteiger partial charge in [-0.15, -0.1) is 0 Å². The van der Waals surface area contributed by atoms with E-state index in [9.17, 15) is 30.0 Å². The molecule has 32 heavy (non-hydrogen) atoms. The number of aromatic nitrogens is 2. The Morgan fingerprint density at radius 2 is 1.84 bits per heavy atom. The number of hydrogen-bond acceptors (Lipinski definition) is 8. The van der Waals surface area contributed by atoms with Crippen molar-refractivity contribution in [2.24, 2.45) is 0 Å². The van der Waals surface area contributed by atoms with Crippen LogP contribution in [0.4, 0.5) is 19.1 Å². The van der Waals surface area contributed by atoms with Gasteiger partial charge >= 0.3 is 12.1 Å². The van der Waals surface area contributed by atoms with Gasteiger partial charge in [0.1, 0.15) is 0 Å². The number of carboxylic acid groups (broad SMARTS) is 1. The minimum absolute atomic E-state index is 0.0256. The molecule has 180 valence electrons. The van der Waals surface area contributed by atoms with Gasteiger partial charge in [-0.3, -0.25) is 0 Å². The molecule has 2 saturated heterocycles. The lowest BCUT2D eigenvalue weighted by Crippen LogP contribution is -2.36. The number of sulfone groups is 1. The molecule has 0 aliphatic carbocycles. The number of halogens is 3. The van der Waals surface area contributed by atoms with Crippen molar-refractivity contribution in [1.82, 2.24) is 14.3 Å². The van der Waals surface area contributed by atoms with Crippen molar-refractivity contribution >= 4 is 31.8 Å². The van der Waals surface area contributed by atoms with E-state index in [2.05, 4.69) is 14.9 Å². The number of aliphatic carboxylic acids is 1. The average molecular weight is 501 g/mol. The molecule has 4 heterocycles. The number of hydrogen-bond donors (Lipinski definition) is 1. The van der Waals surface area contributed by atoms with Gasteiger partial charge in [0.05, 0.1) is 22.4 Å². The molecule has 0 bridgehead atoms. The van der Waals surface area contributed by atoms with Crippen molar-refractivity contribution < 1.29 is 39.9 Å². The second kappa shape index (κ2) is 8.74. The fourth-order valence-electron chi connectivity index (χ4n) is 4.01. The number of fused-ring (bicyclic) bond motifs is 3. The molecule has 1 aromatic rings. The molecule has 0 unspecified atom stereocenters. The molecular formula is C17H23F3N4O6S2. The number of carboxylic acids is 1. The highest BCUT2D eigenvalue weighted by Crippen LogP contribution is 2.40. The summed E-state index contributed by atoms with van der Waals surface area (Å²) in [5.41, 5.74) is 1.32. The van der Waals surface area contributed by atoms with Crippen molar-refractivity contribution in [1.29, 1.82) is 0 Å². The summed E-state index contributed by atoms with van der Waals surface area (Å²) in [6.45, 7) is 3.60. The fourth-order valence-corrected chi connectivity index (χ4v) is 7.24. The first-order valence-electron chi connectivity index (χ1n) is 9.86. The molecule has 15 heteroatoms. The average Bonchev–Trinajstić information content (AvgIpc) is 3.38. The van der Waals surface area contributed by atoms with Crippen LogP contribution < -0.4 is 4.90 Å². The molecule has 1 aromatic heterocycles. The van der Waals surface area contributed by atoms with Crippen LogP contribution in [-0.4, -0.2) is 85.5 Å². The molecule has 10 nitrogen and oxygen atoms in total. The Balaban J connectivity index is 0.000000360. The molecular weight excluding hydrogens is 477 g/mol. The zero-order valence-electron chi connectivity index (χ0n) is 17.1. The lowest BCUT2D eigenvalue weighted by molar-refractivity contribution is -0.192. The fraction of sp³-hybridized carbons (Fsp3) is 0.706. The smallest absolute Gasteiger partial charge is 0.475 e. The normalized spacial score (nSPS) is 24.9. The van der Waals surface area contributed by atoms with E-state index in [1.54, 1.807) is 13.1 Å². The molecule has 2 atom stereocenters. The monoisotopic (exact) mass is 500 g/mol. The topological polar surface area (TPSA) is 138 Å². The Morgan fingerprint density at radius 1 is 1.25 bits per heavy atom. The standard InChI is InChI=1S/C15H22N4O4S2.C2HF3O2/c1-2-25(22,23)19-8-12-13(9-19)24(20,21)10-11-7-16-15(17-14(11)12)18-5-3-4-6-18;3-2(4,5)1(6)7/h7,12-13H,2-6,8-10H2,1H3;(H,6,7)/t12-,13+;/m0./s1. The summed E-state index contributed by atoms with van der Waals surface area (Å²) in [6, 6.07) is 0. The Morgan fingerprint density at radius 3 is 2.38 bits per heavy atom. The molecule has 0 saturated carbocycles. The quantitative estimate of drug-likeness (QED) is 0.637. The number of nitrogens with zero attached hydrogens (tertiary/aromatic N) is 4. The second-order valence-electron chi connectivity index (χ2n) is 7.75. The summed E-state index contributed by atoms with van der Waals surface area (Å²) in [7, 11) is -6.83. The molecule has 0 spiro atoms. The van der Waals surface area contributed by atoms with Crippen molar-refractivity contribution in [2.45, 2.75) is 42.9 Å². The highest BCUT2D eigenvalue weighted by atomic mass is 32.2. The summed E-state index contributed by atoms with van der Waals surface area (Å²) in [5, 5.41) is 6.42. The highest BCUT2D eigenvalue weighted by molar-refractivity contribution is 7.91. The van der Waals surface area contributed by atoms with E-state index in [1.165, 1.54) is 4.31 Å². The second-order valence-corrected chi connectivity index (χ2v) is 12.2. The van der Waals surface area contributed by atoms with E-state index in [-0.39, 0.29) is 24.6 Å². The maximum atomic E-state index is 12.6. The van der Waals surface area contributed by atoms with E-state index in [4.69, 9.17) is 9.90 Å². The summed E-state index contributed by atoms with van der Waals surface area (Å²) in [6.07, 6.45) is -1.27. The Hall–Kier alpha value is -2.00.